The Balaban J connectivity index is 1.34. The second-order valence-corrected chi connectivity index (χ2v) is 9.06. The standard InChI is InChI=1S/C26H23N3O4S/c1-26(2,19-8-4-3-5-9-19)20-11-13-22(14-12-20)33-16-24(30)28-25-27-23(17-34-25)18-7-6-10-21(15-18)29(31)32/h3-15,17H,16H2,1-2H3,(H,27,28,30). The topological polar surface area (TPSA) is 94.4 Å². The molecule has 172 valence electrons. The van der Waals surface area contributed by atoms with Crippen LogP contribution in [0, 0.1) is 10.1 Å². The van der Waals surface area contributed by atoms with E-state index in [9.17, 15) is 14.9 Å². The molecule has 0 aliphatic carbocycles. The molecule has 3 aromatic carbocycles. The van der Waals surface area contributed by atoms with Crippen LogP contribution in [0.2, 0.25) is 0 Å². The molecule has 0 radical (unpaired) electrons. The van der Waals surface area contributed by atoms with E-state index in [0.29, 0.717) is 22.1 Å². The van der Waals surface area contributed by atoms with Crippen LogP contribution in [0.1, 0.15) is 25.0 Å². The lowest BCUT2D eigenvalue weighted by atomic mass is 9.78. The lowest BCUT2D eigenvalue weighted by Crippen LogP contribution is -2.20. The van der Waals surface area contributed by atoms with Crippen LogP contribution in [-0.4, -0.2) is 22.4 Å². The summed E-state index contributed by atoms with van der Waals surface area (Å²) in [7, 11) is 0. The first-order valence-corrected chi connectivity index (χ1v) is 11.5. The highest BCUT2D eigenvalue weighted by Gasteiger charge is 2.22. The zero-order valence-electron chi connectivity index (χ0n) is 18.7. The Morgan fingerprint density at radius 2 is 1.74 bits per heavy atom. The monoisotopic (exact) mass is 473 g/mol. The SMILES string of the molecule is CC(C)(c1ccccc1)c1ccc(OCC(=O)Nc2nc(-c3cccc([N+](=O)[O-])c3)cs2)cc1. The van der Waals surface area contributed by atoms with Crippen LogP contribution in [0.5, 0.6) is 5.75 Å². The number of nitrogens with one attached hydrogen (secondary N) is 1. The molecule has 4 aromatic rings. The van der Waals surface area contributed by atoms with E-state index in [1.807, 2.05) is 42.5 Å². The number of carbonyl (C=O) groups excluding carboxylic acids is 1. The molecule has 1 amide bonds. The maximum atomic E-state index is 12.3. The molecule has 7 nitrogen and oxygen atoms in total. The molecule has 0 spiro atoms. The van der Waals surface area contributed by atoms with Gasteiger partial charge in [0.15, 0.2) is 11.7 Å². The number of benzene rings is 3. The zero-order valence-corrected chi connectivity index (χ0v) is 19.5. The summed E-state index contributed by atoms with van der Waals surface area (Å²) < 4.78 is 5.64. The number of nitrogens with zero attached hydrogens (tertiary/aromatic N) is 2. The van der Waals surface area contributed by atoms with E-state index in [4.69, 9.17) is 4.74 Å². The molecule has 0 aliphatic rings. The number of non-ortho nitro benzene ring substituents is 1. The third-order valence-corrected chi connectivity index (χ3v) is 6.30. The summed E-state index contributed by atoms with van der Waals surface area (Å²) in [5.74, 6) is 0.257. The average molecular weight is 474 g/mol. The Bertz CT molecular complexity index is 1300. The minimum Gasteiger partial charge on any atom is -0.484 e. The molecule has 1 aromatic heterocycles. The molecule has 34 heavy (non-hydrogen) atoms. The Morgan fingerprint density at radius 3 is 2.44 bits per heavy atom. The number of aromatic nitrogens is 1. The number of thiazole rings is 1. The number of rotatable bonds is 8. The fourth-order valence-corrected chi connectivity index (χ4v) is 4.27. The fourth-order valence-electron chi connectivity index (χ4n) is 3.54. The van der Waals surface area contributed by atoms with Crippen molar-refractivity contribution in [1.82, 2.24) is 4.98 Å². The molecule has 0 aliphatic heterocycles. The minimum absolute atomic E-state index is 0.0114. The van der Waals surface area contributed by atoms with E-state index in [1.54, 1.807) is 17.5 Å². The van der Waals surface area contributed by atoms with Gasteiger partial charge in [-0.1, -0.05) is 68.4 Å². The summed E-state index contributed by atoms with van der Waals surface area (Å²) >= 11 is 1.24. The minimum atomic E-state index is -0.453. The molecule has 0 saturated carbocycles. The lowest BCUT2D eigenvalue weighted by Gasteiger charge is -2.26. The molecule has 0 fully saturated rings. The van der Waals surface area contributed by atoms with Crippen LogP contribution >= 0.6 is 11.3 Å². The second kappa shape index (κ2) is 9.84. The normalized spacial score (nSPS) is 11.1. The molecule has 4 rings (SSSR count). The number of ether oxygens (including phenoxy) is 1. The summed E-state index contributed by atoms with van der Waals surface area (Å²) in [4.78, 5) is 27.2. The van der Waals surface area contributed by atoms with Gasteiger partial charge in [-0.3, -0.25) is 20.2 Å². The number of nitro benzene ring substituents is 1. The molecule has 0 atom stereocenters. The second-order valence-electron chi connectivity index (χ2n) is 8.20. The molecule has 8 heteroatoms. The first kappa shape index (κ1) is 23.1. The molecule has 0 unspecified atom stereocenters. The van der Waals surface area contributed by atoms with Crippen molar-refractivity contribution >= 4 is 28.1 Å². The van der Waals surface area contributed by atoms with Crippen molar-refractivity contribution < 1.29 is 14.5 Å². The van der Waals surface area contributed by atoms with Gasteiger partial charge in [0.05, 0.1) is 10.6 Å². The molecule has 0 saturated heterocycles. The lowest BCUT2D eigenvalue weighted by molar-refractivity contribution is -0.384. The van der Waals surface area contributed by atoms with Gasteiger partial charge < -0.3 is 4.74 Å². The third-order valence-electron chi connectivity index (χ3n) is 5.54. The Labute approximate surface area is 201 Å². The highest BCUT2D eigenvalue weighted by molar-refractivity contribution is 7.14. The fraction of sp³-hybridized carbons (Fsp3) is 0.154. The van der Waals surface area contributed by atoms with E-state index < -0.39 is 4.92 Å². The van der Waals surface area contributed by atoms with Crippen LogP contribution < -0.4 is 10.1 Å². The van der Waals surface area contributed by atoms with Crippen LogP contribution in [0.4, 0.5) is 10.8 Å². The van der Waals surface area contributed by atoms with Crippen molar-refractivity contribution in [2.75, 3.05) is 11.9 Å². The van der Waals surface area contributed by atoms with Crippen molar-refractivity contribution in [1.29, 1.82) is 0 Å². The predicted octanol–water partition coefficient (Wildman–Crippen LogP) is 6.06. The molecular weight excluding hydrogens is 450 g/mol. The van der Waals surface area contributed by atoms with Crippen molar-refractivity contribution in [2.45, 2.75) is 19.3 Å². The largest absolute Gasteiger partial charge is 0.484 e. The Kier molecular flexibility index (Phi) is 6.70. The van der Waals surface area contributed by atoms with Gasteiger partial charge in [0.2, 0.25) is 0 Å². The summed E-state index contributed by atoms with van der Waals surface area (Å²) in [6.45, 7) is 4.18. The van der Waals surface area contributed by atoms with Crippen LogP contribution in [-0.2, 0) is 10.2 Å². The number of anilines is 1. The number of carbonyl (C=O) groups is 1. The van der Waals surface area contributed by atoms with Crippen molar-refractivity contribution in [3.63, 3.8) is 0 Å². The van der Waals surface area contributed by atoms with Crippen molar-refractivity contribution in [2.24, 2.45) is 0 Å². The summed E-state index contributed by atoms with van der Waals surface area (Å²) in [5.41, 5.74) is 3.37. The maximum Gasteiger partial charge on any atom is 0.270 e. The Morgan fingerprint density at radius 1 is 1.03 bits per heavy atom. The van der Waals surface area contributed by atoms with E-state index in [-0.39, 0.29) is 23.6 Å². The van der Waals surface area contributed by atoms with Gasteiger partial charge in [0, 0.05) is 28.5 Å². The summed E-state index contributed by atoms with van der Waals surface area (Å²) in [5, 5.41) is 15.8. The van der Waals surface area contributed by atoms with E-state index in [1.165, 1.54) is 29.0 Å². The van der Waals surface area contributed by atoms with Gasteiger partial charge >= 0.3 is 0 Å². The van der Waals surface area contributed by atoms with Gasteiger partial charge in [-0.2, -0.15) is 0 Å². The summed E-state index contributed by atoms with van der Waals surface area (Å²) in [6.07, 6.45) is 0. The van der Waals surface area contributed by atoms with E-state index in [0.717, 1.165) is 5.56 Å². The highest BCUT2D eigenvalue weighted by atomic mass is 32.1. The predicted molar refractivity (Wildman–Crippen MR) is 133 cm³/mol. The van der Waals surface area contributed by atoms with Crippen LogP contribution in [0.25, 0.3) is 11.3 Å². The Hall–Kier alpha value is -4.04. The molecule has 1 heterocycles. The number of amides is 1. The van der Waals surface area contributed by atoms with Gasteiger partial charge in [0.1, 0.15) is 5.75 Å². The number of hydrogen-bond acceptors (Lipinski definition) is 6. The van der Waals surface area contributed by atoms with Crippen LogP contribution in [0.3, 0.4) is 0 Å². The zero-order chi connectivity index (χ0) is 24.1. The summed E-state index contributed by atoms with van der Waals surface area (Å²) in [6, 6.07) is 24.2. The third kappa shape index (κ3) is 5.29. The number of hydrogen-bond donors (Lipinski definition) is 1. The molecule has 0 bridgehead atoms. The van der Waals surface area contributed by atoms with Gasteiger partial charge in [-0.05, 0) is 23.3 Å². The van der Waals surface area contributed by atoms with Crippen molar-refractivity contribution in [3.05, 3.63) is 105 Å². The maximum absolute atomic E-state index is 12.3. The first-order valence-electron chi connectivity index (χ1n) is 10.6. The quantitative estimate of drug-likeness (QED) is 0.248. The average Bonchev–Trinajstić information content (AvgIpc) is 3.32. The smallest absolute Gasteiger partial charge is 0.270 e. The van der Waals surface area contributed by atoms with Gasteiger partial charge in [-0.25, -0.2) is 4.98 Å². The van der Waals surface area contributed by atoms with E-state index in [2.05, 4.69) is 36.3 Å². The van der Waals surface area contributed by atoms with Crippen LogP contribution in [0.15, 0.2) is 84.2 Å². The highest BCUT2D eigenvalue weighted by Crippen LogP contribution is 2.32. The van der Waals surface area contributed by atoms with Gasteiger partial charge in [-0.15, -0.1) is 11.3 Å². The first-order chi connectivity index (χ1) is 16.3. The van der Waals surface area contributed by atoms with Gasteiger partial charge in [0.25, 0.3) is 11.6 Å². The van der Waals surface area contributed by atoms with E-state index >= 15 is 0 Å². The number of nitro groups is 1. The molecule has 1 N–H and O–H groups in total. The molecular formula is C26H23N3O4S. The van der Waals surface area contributed by atoms with Crippen molar-refractivity contribution in [3.8, 4) is 17.0 Å².